The molecule has 5 aromatic rings. The Bertz CT molecular complexity index is 1430. The van der Waals surface area contributed by atoms with Crippen molar-refractivity contribution in [3.05, 3.63) is 119 Å². The largest absolute Gasteiger partial charge is 0.476 e. The first-order valence-electron chi connectivity index (χ1n) is 12.9. The van der Waals surface area contributed by atoms with Gasteiger partial charge in [-0.2, -0.15) is 0 Å². The van der Waals surface area contributed by atoms with Gasteiger partial charge in [-0.3, -0.25) is 0 Å². The molecule has 0 aliphatic heterocycles. The third-order valence-corrected chi connectivity index (χ3v) is 6.29. The number of nitrogens with one attached hydrogen (secondary N) is 1. The van der Waals surface area contributed by atoms with Crippen LogP contribution in [0.3, 0.4) is 0 Å². The molecule has 188 valence electrons. The molecule has 0 spiro atoms. The van der Waals surface area contributed by atoms with E-state index in [4.69, 9.17) is 19.4 Å². The molecule has 0 aliphatic rings. The zero-order chi connectivity index (χ0) is 25.5. The number of benzene rings is 3. The lowest BCUT2D eigenvalue weighted by atomic mass is 10.1. The number of aromatic nitrogens is 3. The van der Waals surface area contributed by atoms with E-state index < -0.39 is 0 Å². The van der Waals surface area contributed by atoms with E-state index in [0.29, 0.717) is 37.3 Å². The first kappa shape index (κ1) is 24.6. The highest BCUT2D eigenvalue weighted by Gasteiger charge is 2.19. The van der Waals surface area contributed by atoms with Gasteiger partial charge in [-0.05, 0) is 35.1 Å². The molecule has 2 heterocycles. The van der Waals surface area contributed by atoms with Gasteiger partial charge in [-0.15, -0.1) is 0 Å². The average Bonchev–Trinajstić information content (AvgIpc) is 3.33. The van der Waals surface area contributed by atoms with Gasteiger partial charge in [-0.25, -0.2) is 9.97 Å². The molecule has 5 nitrogen and oxygen atoms in total. The number of H-pyrrole nitrogens is 1. The number of rotatable bonds is 11. The molecular formula is C32H33N3O2. The van der Waals surface area contributed by atoms with Gasteiger partial charge in [0.1, 0.15) is 18.0 Å². The van der Waals surface area contributed by atoms with Gasteiger partial charge in [0.15, 0.2) is 0 Å². The quantitative estimate of drug-likeness (QED) is 0.217. The van der Waals surface area contributed by atoms with Crippen LogP contribution in [-0.4, -0.2) is 21.6 Å². The van der Waals surface area contributed by atoms with Gasteiger partial charge < -0.3 is 14.5 Å². The Morgan fingerprint density at radius 1 is 0.730 bits per heavy atom. The average molecular weight is 492 g/mol. The Labute approximate surface area is 218 Å². The fraction of sp³-hybridized carbons (Fsp3) is 0.250. The van der Waals surface area contributed by atoms with E-state index in [9.17, 15) is 0 Å². The highest BCUT2D eigenvalue weighted by molar-refractivity contribution is 5.83. The summed E-state index contributed by atoms with van der Waals surface area (Å²) in [5.41, 5.74) is 6.22. The highest BCUT2D eigenvalue weighted by Crippen LogP contribution is 2.29. The van der Waals surface area contributed by atoms with Gasteiger partial charge in [0, 0.05) is 29.9 Å². The van der Waals surface area contributed by atoms with Gasteiger partial charge in [-0.1, -0.05) is 92.7 Å². The molecule has 0 saturated heterocycles. The van der Waals surface area contributed by atoms with Crippen molar-refractivity contribution in [2.45, 2.75) is 39.7 Å². The number of para-hydroxylation sites is 1. The third-order valence-electron chi connectivity index (χ3n) is 6.29. The third kappa shape index (κ3) is 6.36. The van der Waals surface area contributed by atoms with E-state index in [-0.39, 0.29) is 0 Å². The first-order chi connectivity index (χ1) is 18.2. The summed E-state index contributed by atoms with van der Waals surface area (Å²) in [5.74, 6) is 1.58. The van der Waals surface area contributed by atoms with Gasteiger partial charge in [0.05, 0.1) is 6.61 Å². The fourth-order valence-corrected chi connectivity index (χ4v) is 4.43. The van der Waals surface area contributed by atoms with Crippen molar-refractivity contribution < 1.29 is 9.47 Å². The monoisotopic (exact) mass is 491 g/mol. The number of fused-ring (bicyclic) bond motifs is 1. The van der Waals surface area contributed by atoms with Crippen LogP contribution >= 0.6 is 0 Å². The number of hydrogen-bond acceptors (Lipinski definition) is 4. The summed E-state index contributed by atoms with van der Waals surface area (Å²) in [5, 5.41) is 1.18. The Hall–Kier alpha value is -4.12. The summed E-state index contributed by atoms with van der Waals surface area (Å²) in [7, 11) is 0. The molecular weight excluding hydrogens is 458 g/mol. The second-order valence-corrected chi connectivity index (χ2v) is 9.72. The molecule has 1 N–H and O–H groups in total. The summed E-state index contributed by atoms with van der Waals surface area (Å²) >= 11 is 0. The Morgan fingerprint density at radius 3 is 2.14 bits per heavy atom. The minimum atomic E-state index is 0.407. The van der Waals surface area contributed by atoms with E-state index in [1.165, 1.54) is 10.9 Å². The molecule has 5 rings (SSSR count). The SMILES string of the molecule is CC(C)Cc1nc(OCCc2ccccc2)c(Cc2c[nH]c3ccccc23)nc1OCc1ccccc1. The second-order valence-electron chi connectivity index (χ2n) is 9.72. The summed E-state index contributed by atoms with van der Waals surface area (Å²) in [4.78, 5) is 13.4. The van der Waals surface area contributed by atoms with Gasteiger partial charge >= 0.3 is 0 Å². The second kappa shape index (κ2) is 11.7. The lowest BCUT2D eigenvalue weighted by molar-refractivity contribution is 0.273. The lowest BCUT2D eigenvalue weighted by Crippen LogP contribution is -2.12. The van der Waals surface area contributed by atoms with Crippen LogP contribution in [0, 0.1) is 5.92 Å². The molecule has 0 bridgehead atoms. The van der Waals surface area contributed by atoms with Crippen molar-refractivity contribution in [2.24, 2.45) is 5.92 Å². The van der Waals surface area contributed by atoms with Crippen LogP contribution < -0.4 is 9.47 Å². The predicted molar refractivity (Wildman–Crippen MR) is 148 cm³/mol. The zero-order valence-corrected chi connectivity index (χ0v) is 21.5. The molecule has 0 unspecified atom stereocenters. The van der Waals surface area contributed by atoms with Crippen LogP contribution in [0.5, 0.6) is 11.8 Å². The maximum absolute atomic E-state index is 6.30. The Kier molecular flexibility index (Phi) is 7.80. The molecule has 0 fully saturated rings. The van der Waals surface area contributed by atoms with Gasteiger partial charge in [0.2, 0.25) is 11.8 Å². The fourth-order valence-electron chi connectivity index (χ4n) is 4.43. The van der Waals surface area contributed by atoms with Crippen molar-refractivity contribution in [1.82, 2.24) is 15.0 Å². The number of ether oxygens (including phenoxy) is 2. The van der Waals surface area contributed by atoms with Crippen LogP contribution in [-0.2, 0) is 25.9 Å². The normalized spacial score (nSPS) is 11.2. The predicted octanol–water partition coefficient (Wildman–Crippen LogP) is 6.95. The maximum Gasteiger partial charge on any atom is 0.236 e. The molecule has 0 atom stereocenters. The lowest BCUT2D eigenvalue weighted by Gasteiger charge is -2.17. The smallest absolute Gasteiger partial charge is 0.236 e. The van der Waals surface area contributed by atoms with Crippen molar-refractivity contribution in [1.29, 1.82) is 0 Å². The molecule has 0 radical (unpaired) electrons. The summed E-state index contributed by atoms with van der Waals surface area (Å²) in [6.45, 7) is 5.34. The van der Waals surface area contributed by atoms with Crippen LogP contribution in [0.25, 0.3) is 10.9 Å². The van der Waals surface area contributed by atoms with E-state index in [2.05, 4.69) is 73.4 Å². The number of hydrogen-bond donors (Lipinski definition) is 1. The van der Waals surface area contributed by atoms with Crippen LogP contribution in [0.15, 0.2) is 91.1 Å². The van der Waals surface area contributed by atoms with Crippen LogP contribution in [0.4, 0.5) is 0 Å². The molecule has 5 heteroatoms. The zero-order valence-electron chi connectivity index (χ0n) is 21.5. The topological polar surface area (TPSA) is 60.0 Å². The van der Waals surface area contributed by atoms with Crippen molar-refractivity contribution in [2.75, 3.05) is 6.61 Å². The molecule has 3 aromatic carbocycles. The van der Waals surface area contributed by atoms with Crippen molar-refractivity contribution in [3.8, 4) is 11.8 Å². The maximum atomic E-state index is 6.30. The van der Waals surface area contributed by atoms with Crippen molar-refractivity contribution >= 4 is 10.9 Å². The molecule has 0 saturated carbocycles. The Balaban J connectivity index is 1.46. The van der Waals surface area contributed by atoms with E-state index in [0.717, 1.165) is 40.9 Å². The first-order valence-corrected chi connectivity index (χ1v) is 12.9. The summed E-state index contributed by atoms with van der Waals surface area (Å²) < 4.78 is 12.6. The van der Waals surface area contributed by atoms with E-state index in [1.54, 1.807) is 0 Å². The highest BCUT2D eigenvalue weighted by atomic mass is 16.5. The number of aromatic amines is 1. The van der Waals surface area contributed by atoms with Crippen LogP contribution in [0.1, 0.15) is 41.9 Å². The van der Waals surface area contributed by atoms with E-state index >= 15 is 0 Å². The number of nitrogens with zero attached hydrogens (tertiary/aromatic N) is 2. The summed E-state index contributed by atoms with van der Waals surface area (Å²) in [6.07, 6.45) is 4.22. The minimum Gasteiger partial charge on any atom is -0.476 e. The van der Waals surface area contributed by atoms with Crippen LogP contribution in [0.2, 0.25) is 0 Å². The molecule has 37 heavy (non-hydrogen) atoms. The molecule has 2 aromatic heterocycles. The molecule has 0 amide bonds. The van der Waals surface area contributed by atoms with E-state index in [1.807, 2.05) is 36.5 Å². The molecule has 0 aliphatic carbocycles. The summed E-state index contributed by atoms with van der Waals surface area (Å²) in [6, 6.07) is 28.8. The van der Waals surface area contributed by atoms with Crippen molar-refractivity contribution in [3.63, 3.8) is 0 Å². The van der Waals surface area contributed by atoms with Gasteiger partial charge in [0.25, 0.3) is 0 Å². The standard InChI is InChI=1S/C32H33N3O2/c1-23(2)19-29-32(37-22-25-13-7-4-8-14-25)35-30(20-26-21-33-28-16-10-9-15-27(26)28)31(34-29)36-18-17-24-11-5-3-6-12-24/h3-16,21,23,33H,17-20,22H2,1-2H3. The Morgan fingerprint density at radius 2 is 1.38 bits per heavy atom. The minimum absolute atomic E-state index is 0.407.